The number of pyridine rings is 1. The fourth-order valence-corrected chi connectivity index (χ4v) is 7.45. The summed E-state index contributed by atoms with van der Waals surface area (Å²) in [5, 5.41) is 15.5. The van der Waals surface area contributed by atoms with E-state index in [2.05, 4.69) is 57.7 Å². The molecule has 2 aliphatic heterocycles. The van der Waals surface area contributed by atoms with Gasteiger partial charge in [-0.2, -0.15) is 9.97 Å². The third-order valence-corrected chi connectivity index (χ3v) is 9.82. The molecule has 2 unspecified atom stereocenters. The molecule has 4 heterocycles. The Labute approximate surface area is 257 Å². The van der Waals surface area contributed by atoms with Gasteiger partial charge in [-0.25, -0.2) is 9.37 Å². The van der Waals surface area contributed by atoms with Gasteiger partial charge < -0.3 is 25.0 Å². The van der Waals surface area contributed by atoms with Crippen molar-refractivity contribution in [3.8, 4) is 35.2 Å². The molecule has 8 nitrogen and oxygen atoms in total. The van der Waals surface area contributed by atoms with Gasteiger partial charge >= 0.3 is 6.01 Å². The van der Waals surface area contributed by atoms with Crippen LogP contribution in [0.2, 0.25) is 0 Å². The number of piperazine rings is 1. The zero-order valence-corrected chi connectivity index (χ0v) is 25.8. The van der Waals surface area contributed by atoms with Gasteiger partial charge in [-0.15, -0.1) is 6.42 Å². The smallest absolute Gasteiger partial charge is 0.319 e. The van der Waals surface area contributed by atoms with E-state index in [4.69, 9.17) is 26.1 Å². The van der Waals surface area contributed by atoms with E-state index in [9.17, 15) is 9.50 Å². The van der Waals surface area contributed by atoms with Crippen LogP contribution in [0.15, 0.2) is 30.5 Å². The number of terminal acetylenes is 1. The molecule has 0 spiro atoms. The summed E-state index contributed by atoms with van der Waals surface area (Å²) in [5.41, 5.74) is 2.93. The van der Waals surface area contributed by atoms with Crippen molar-refractivity contribution < 1.29 is 14.2 Å². The number of rotatable bonds is 7. The van der Waals surface area contributed by atoms with Gasteiger partial charge in [0.25, 0.3) is 0 Å². The molecule has 1 saturated carbocycles. The number of halogens is 2. The Hall–Kier alpha value is -3.27. The predicted molar refractivity (Wildman–Crippen MR) is 170 cm³/mol. The maximum Gasteiger partial charge on any atom is 0.319 e. The molecule has 42 heavy (non-hydrogen) atoms. The number of aromatic nitrogens is 3. The normalized spacial score (nSPS) is 20.8. The lowest BCUT2D eigenvalue weighted by Gasteiger charge is -2.34. The standard InChI is InChI=1S/C32H32FIN6O2/c1-4-22-25(33)8-5-18-11-21(41)12-23(26(18)22)24-13-35-29-28(27(24)34)37-31(42-17-32(9-10-32)16-39(2)3)38-30(29)40-14-19-6-7-20(15-40)36-19/h1,5,8,11-13,19-20,36,41H,6-7,9-10,14-17H2,2-3H3. The maximum absolute atomic E-state index is 14.8. The van der Waals surface area contributed by atoms with Crippen molar-refractivity contribution in [1.29, 1.82) is 0 Å². The van der Waals surface area contributed by atoms with Gasteiger partial charge in [0.15, 0.2) is 5.82 Å². The first-order valence-corrected chi connectivity index (χ1v) is 15.4. The molecule has 2 aromatic carbocycles. The monoisotopic (exact) mass is 678 g/mol. The number of nitrogens with zero attached hydrogens (tertiary/aromatic N) is 5. The van der Waals surface area contributed by atoms with E-state index < -0.39 is 5.82 Å². The minimum absolute atomic E-state index is 0.0577. The molecule has 0 amide bonds. The number of ether oxygens (including phenoxy) is 1. The van der Waals surface area contributed by atoms with Crippen LogP contribution in [0.4, 0.5) is 10.2 Å². The second-order valence-corrected chi connectivity index (χ2v) is 13.3. The summed E-state index contributed by atoms with van der Waals surface area (Å²) >= 11 is 2.27. The van der Waals surface area contributed by atoms with Crippen LogP contribution in [0.3, 0.4) is 0 Å². The number of hydrogen-bond donors (Lipinski definition) is 2. The molecule has 2 N–H and O–H groups in total. The van der Waals surface area contributed by atoms with Crippen LogP contribution in [-0.4, -0.2) is 77.4 Å². The number of benzene rings is 2. The van der Waals surface area contributed by atoms with E-state index >= 15 is 0 Å². The van der Waals surface area contributed by atoms with Crippen molar-refractivity contribution in [3.05, 3.63) is 45.4 Å². The van der Waals surface area contributed by atoms with Crippen LogP contribution in [0.25, 0.3) is 32.9 Å². The Kier molecular flexibility index (Phi) is 6.87. The Balaban J connectivity index is 1.38. The lowest BCUT2D eigenvalue weighted by atomic mass is 9.94. The van der Waals surface area contributed by atoms with E-state index in [1.165, 1.54) is 6.07 Å². The summed E-state index contributed by atoms with van der Waals surface area (Å²) in [5.74, 6) is 2.85. The predicted octanol–water partition coefficient (Wildman–Crippen LogP) is 4.94. The second kappa shape index (κ2) is 10.5. The fraction of sp³-hybridized carbons (Fsp3) is 0.406. The minimum Gasteiger partial charge on any atom is -0.508 e. The molecule has 2 bridgehead atoms. The first-order chi connectivity index (χ1) is 20.2. The summed E-state index contributed by atoms with van der Waals surface area (Å²) in [6, 6.07) is 7.33. The largest absolute Gasteiger partial charge is 0.508 e. The Bertz CT molecular complexity index is 1760. The number of phenols is 1. The molecular formula is C32H32FIN6O2. The molecule has 3 aliphatic rings. The van der Waals surface area contributed by atoms with Gasteiger partial charge in [-0.3, -0.25) is 0 Å². The van der Waals surface area contributed by atoms with Crippen LogP contribution in [0.5, 0.6) is 11.8 Å². The van der Waals surface area contributed by atoms with Gasteiger partial charge in [0, 0.05) is 54.3 Å². The van der Waals surface area contributed by atoms with Gasteiger partial charge in [0.2, 0.25) is 0 Å². The first-order valence-electron chi connectivity index (χ1n) is 14.3. The second-order valence-electron chi connectivity index (χ2n) is 12.2. The summed E-state index contributed by atoms with van der Waals surface area (Å²) in [6.45, 7) is 3.19. The lowest BCUT2D eigenvalue weighted by molar-refractivity contribution is 0.183. The zero-order chi connectivity index (χ0) is 29.2. The highest BCUT2D eigenvalue weighted by Gasteiger charge is 2.44. The molecule has 2 aromatic heterocycles. The third kappa shape index (κ3) is 4.91. The minimum atomic E-state index is -0.485. The molecule has 2 saturated heterocycles. The number of aromatic hydroxyl groups is 1. The Morgan fingerprint density at radius 2 is 1.93 bits per heavy atom. The molecule has 1 aliphatic carbocycles. The van der Waals surface area contributed by atoms with Crippen molar-refractivity contribution in [2.75, 3.05) is 45.2 Å². The van der Waals surface area contributed by atoms with Crippen LogP contribution in [-0.2, 0) is 0 Å². The molecule has 10 heteroatoms. The fourth-order valence-electron chi connectivity index (χ4n) is 6.64. The topological polar surface area (TPSA) is 86.6 Å². The van der Waals surface area contributed by atoms with Crippen molar-refractivity contribution in [2.45, 2.75) is 37.8 Å². The number of phenolic OH excluding ortho intramolecular Hbond substituents is 1. The van der Waals surface area contributed by atoms with Crippen LogP contribution in [0, 0.1) is 27.1 Å². The van der Waals surface area contributed by atoms with Crippen molar-refractivity contribution in [1.82, 2.24) is 25.2 Å². The van der Waals surface area contributed by atoms with Crippen molar-refractivity contribution in [3.63, 3.8) is 0 Å². The quantitative estimate of drug-likeness (QED) is 0.210. The van der Waals surface area contributed by atoms with Crippen molar-refractivity contribution in [2.24, 2.45) is 5.41 Å². The van der Waals surface area contributed by atoms with E-state index in [0.717, 1.165) is 54.7 Å². The van der Waals surface area contributed by atoms with E-state index in [1.807, 2.05) is 0 Å². The van der Waals surface area contributed by atoms with Crippen molar-refractivity contribution >= 4 is 50.2 Å². The number of nitrogens with one attached hydrogen (secondary N) is 1. The average molecular weight is 679 g/mol. The van der Waals surface area contributed by atoms with E-state index in [-0.39, 0.29) is 16.7 Å². The SMILES string of the molecule is C#Cc1c(F)ccc2cc(O)cc(-c3cnc4c(N5CC6CCC(C5)N6)nc(OCC5(CN(C)C)CC5)nc4c3I)c12. The highest BCUT2D eigenvalue weighted by atomic mass is 127. The van der Waals surface area contributed by atoms with Gasteiger partial charge in [0.1, 0.15) is 22.6 Å². The van der Waals surface area contributed by atoms with Gasteiger partial charge in [0.05, 0.1) is 15.7 Å². The van der Waals surface area contributed by atoms with Crippen LogP contribution >= 0.6 is 22.6 Å². The van der Waals surface area contributed by atoms with Gasteiger partial charge in [-0.1, -0.05) is 12.0 Å². The highest BCUT2D eigenvalue weighted by molar-refractivity contribution is 14.1. The maximum atomic E-state index is 14.8. The van der Waals surface area contributed by atoms with Crippen LogP contribution in [0.1, 0.15) is 31.2 Å². The van der Waals surface area contributed by atoms with Crippen LogP contribution < -0.4 is 15.0 Å². The molecule has 3 fully saturated rings. The molecule has 0 radical (unpaired) electrons. The van der Waals surface area contributed by atoms with E-state index in [1.54, 1.807) is 24.4 Å². The summed E-state index contributed by atoms with van der Waals surface area (Å²) in [4.78, 5) is 19.3. The molecular weight excluding hydrogens is 646 g/mol. The zero-order valence-electron chi connectivity index (χ0n) is 23.6. The summed E-state index contributed by atoms with van der Waals surface area (Å²) in [7, 11) is 4.17. The number of anilines is 1. The average Bonchev–Trinajstić information content (AvgIpc) is 3.64. The molecule has 2 atom stereocenters. The Morgan fingerprint density at radius 1 is 1.17 bits per heavy atom. The molecule has 4 aromatic rings. The Morgan fingerprint density at radius 3 is 2.62 bits per heavy atom. The third-order valence-electron chi connectivity index (χ3n) is 8.73. The number of hydrogen-bond acceptors (Lipinski definition) is 8. The number of fused-ring (bicyclic) bond motifs is 4. The summed E-state index contributed by atoms with van der Waals surface area (Å²) in [6.07, 6.45) is 12.1. The first kappa shape index (κ1) is 27.6. The highest BCUT2D eigenvalue weighted by Crippen LogP contribution is 2.46. The summed E-state index contributed by atoms with van der Waals surface area (Å²) < 4.78 is 22.0. The molecule has 7 rings (SSSR count). The molecule has 216 valence electrons. The van der Waals surface area contributed by atoms with Gasteiger partial charge in [-0.05, 0) is 91.5 Å². The van der Waals surface area contributed by atoms with E-state index in [0.29, 0.717) is 57.6 Å². The lowest BCUT2D eigenvalue weighted by Crippen LogP contribution is -2.51.